The third-order valence-electron chi connectivity index (χ3n) is 3.71. The van der Waals surface area contributed by atoms with E-state index >= 15 is 0 Å². The second-order valence-corrected chi connectivity index (χ2v) is 5.56. The van der Waals surface area contributed by atoms with Gasteiger partial charge >= 0.3 is 0 Å². The minimum Gasteiger partial charge on any atom is -0.342 e. The van der Waals surface area contributed by atoms with Crippen molar-refractivity contribution in [3.8, 4) is 0 Å². The van der Waals surface area contributed by atoms with Crippen LogP contribution in [0.15, 0.2) is 67.3 Å². The molecule has 24 heavy (non-hydrogen) atoms. The first kappa shape index (κ1) is 15.8. The summed E-state index contributed by atoms with van der Waals surface area (Å²) in [5.41, 5.74) is 3.45. The summed E-state index contributed by atoms with van der Waals surface area (Å²) in [6, 6.07) is 13.7. The Morgan fingerprint density at radius 2 is 1.88 bits per heavy atom. The molecule has 0 bridgehead atoms. The highest BCUT2D eigenvalue weighted by Gasteiger charge is 2.18. The Morgan fingerprint density at radius 1 is 1.04 bits per heavy atom. The van der Waals surface area contributed by atoms with Gasteiger partial charge in [-0.05, 0) is 31.0 Å². The number of hydrogen-bond donors (Lipinski definition) is 1. The molecule has 0 saturated heterocycles. The van der Waals surface area contributed by atoms with Gasteiger partial charge in [0.05, 0.1) is 17.9 Å². The molecule has 0 fully saturated rings. The van der Waals surface area contributed by atoms with Crippen molar-refractivity contribution in [2.75, 3.05) is 0 Å². The number of hydrogen-bond acceptors (Lipinski definition) is 4. The van der Waals surface area contributed by atoms with Crippen LogP contribution in [0.4, 0.5) is 0 Å². The zero-order valence-electron chi connectivity index (χ0n) is 13.4. The van der Waals surface area contributed by atoms with Gasteiger partial charge in [-0.1, -0.05) is 35.9 Å². The number of rotatable bonds is 5. The molecule has 0 spiro atoms. The topological polar surface area (TPSA) is 67.8 Å². The van der Waals surface area contributed by atoms with E-state index in [-0.39, 0.29) is 11.9 Å². The zero-order chi connectivity index (χ0) is 16.8. The molecule has 0 aliphatic heterocycles. The van der Waals surface area contributed by atoms with Gasteiger partial charge in [-0.15, -0.1) is 0 Å². The minimum absolute atomic E-state index is 0.233. The van der Waals surface area contributed by atoms with Crippen LogP contribution in [0.3, 0.4) is 0 Å². The van der Waals surface area contributed by atoms with Crippen LogP contribution in [0, 0.1) is 6.92 Å². The Balaban J connectivity index is 1.82. The molecule has 0 aliphatic rings. The van der Waals surface area contributed by atoms with E-state index in [2.05, 4.69) is 51.5 Å². The number of aromatic nitrogens is 3. The molecule has 1 aromatic carbocycles. The van der Waals surface area contributed by atoms with Crippen LogP contribution in [0.25, 0.3) is 0 Å². The molecule has 5 heteroatoms. The van der Waals surface area contributed by atoms with Crippen molar-refractivity contribution in [3.05, 3.63) is 89.8 Å². The number of nitrogens with zero attached hydrogens (tertiary/aromatic N) is 3. The van der Waals surface area contributed by atoms with E-state index in [1.54, 1.807) is 12.4 Å². The normalized spacial score (nSPS) is 11.7. The molecule has 5 nitrogen and oxygen atoms in total. The van der Waals surface area contributed by atoms with Crippen LogP contribution in [0.5, 0.6) is 0 Å². The molecule has 0 radical (unpaired) electrons. The molecule has 0 unspecified atom stereocenters. The lowest BCUT2D eigenvalue weighted by Gasteiger charge is -2.18. The van der Waals surface area contributed by atoms with Gasteiger partial charge in [0.25, 0.3) is 5.91 Å². The monoisotopic (exact) mass is 318 g/mol. The molecule has 120 valence electrons. The number of benzene rings is 1. The fourth-order valence-corrected chi connectivity index (χ4v) is 2.42. The van der Waals surface area contributed by atoms with Gasteiger partial charge in [0.2, 0.25) is 0 Å². The van der Waals surface area contributed by atoms with E-state index in [4.69, 9.17) is 0 Å². The number of aryl methyl sites for hydroxylation is 1. The van der Waals surface area contributed by atoms with Crippen LogP contribution >= 0.6 is 0 Å². The van der Waals surface area contributed by atoms with Crippen molar-refractivity contribution in [3.63, 3.8) is 0 Å². The van der Waals surface area contributed by atoms with E-state index in [1.807, 2.05) is 18.2 Å². The van der Waals surface area contributed by atoms with Gasteiger partial charge in [-0.3, -0.25) is 14.8 Å². The maximum absolute atomic E-state index is 12.4. The average molecular weight is 318 g/mol. The van der Waals surface area contributed by atoms with Gasteiger partial charge in [0.1, 0.15) is 5.69 Å². The third-order valence-corrected chi connectivity index (χ3v) is 3.71. The summed E-state index contributed by atoms with van der Waals surface area (Å²) in [5, 5.41) is 3.01. The molecule has 0 saturated carbocycles. The highest BCUT2D eigenvalue weighted by Crippen LogP contribution is 2.17. The number of pyridine rings is 1. The summed E-state index contributed by atoms with van der Waals surface area (Å²) < 4.78 is 0. The summed E-state index contributed by atoms with van der Waals surface area (Å²) >= 11 is 0. The summed E-state index contributed by atoms with van der Waals surface area (Å²) in [6.45, 7) is 2.05. The predicted molar refractivity (Wildman–Crippen MR) is 91.4 cm³/mol. The Labute approximate surface area is 140 Å². The first-order chi connectivity index (χ1) is 11.7. The van der Waals surface area contributed by atoms with Crippen molar-refractivity contribution in [2.45, 2.75) is 19.4 Å². The molecule has 1 N–H and O–H groups in total. The van der Waals surface area contributed by atoms with Crippen LogP contribution in [0.2, 0.25) is 0 Å². The van der Waals surface area contributed by atoms with Crippen LogP contribution < -0.4 is 5.32 Å². The Hall–Kier alpha value is -3.08. The average Bonchev–Trinajstić information content (AvgIpc) is 2.64. The quantitative estimate of drug-likeness (QED) is 0.785. The maximum atomic E-state index is 12.4. The van der Waals surface area contributed by atoms with E-state index in [1.165, 1.54) is 18.0 Å². The van der Waals surface area contributed by atoms with E-state index in [0.717, 1.165) is 11.3 Å². The number of carbonyl (C=O) groups is 1. The van der Waals surface area contributed by atoms with E-state index < -0.39 is 0 Å². The summed E-state index contributed by atoms with van der Waals surface area (Å²) in [4.78, 5) is 24.8. The van der Waals surface area contributed by atoms with E-state index in [0.29, 0.717) is 12.1 Å². The first-order valence-electron chi connectivity index (χ1n) is 7.76. The predicted octanol–water partition coefficient (Wildman–Crippen LogP) is 2.89. The highest BCUT2D eigenvalue weighted by atomic mass is 16.1. The molecule has 3 aromatic rings. The Morgan fingerprint density at radius 3 is 2.54 bits per heavy atom. The molecular formula is C19H18N4O. The second kappa shape index (κ2) is 7.46. The number of carbonyl (C=O) groups excluding carboxylic acids is 1. The van der Waals surface area contributed by atoms with Crippen LogP contribution in [0.1, 0.15) is 33.4 Å². The molecule has 2 heterocycles. The SMILES string of the molecule is Cc1ccc(C[C@@H](NC(=O)c2cnccn2)c2ccccn2)cc1. The standard InChI is InChI=1S/C19H18N4O/c1-14-5-7-15(8-6-14)12-17(16-4-2-3-9-21-16)23-19(24)18-13-20-10-11-22-18/h2-11,13,17H,12H2,1H3,(H,23,24)/t17-/m1/s1. The summed E-state index contributed by atoms with van der Waals surface area (Å²) in [7, 11) is 0. The fourth-order valence-electron chi connectivity index (χ4n) is 2.42. The lowest BCUT2D eigenvalue weighted by molar-refractivity contribution is 0.0930. The van der Waals surface area contributed by atoms with Gasteiger partial charge in [0.15, 0.2) is 0 Å². The second-order valence-electron chi connectivity index (χ2n) is 5.56. The summed E-state index contributed by atoms with van der Waals surface area (Å²) in [5.74, 6) is -0.258. The molecule has 1 atom stereocenters. The van der Waals surface area contributed by atoms with Crippen molar-refractivity contribution < 1.29 is 4.79 Å². The molecule has 1 amide bonds. The smallest absolute Gasteiger partial charge is 0.272 e. The van der Waals surface area contributed by atoms with Crippen molar-refractivity contribution in [1.29, 1.82) is 0 Å². The lowest BCUT2D eigenvalue weighted by Crippen LogP contribution is -2.31. The van der Waals surface area contributed by atoms with Gasteiger partial charge in [0, 0.05) is 18.6 Å². The maximum Gasteiger partial charge on any atom is 0.272 e. The van der Waals surface area contributed by atoms with E-state index in [9.17, 15) is 4.79 Å². The number of nitrogens with one attached hydrogen (secondary N) is 1. The van der Waals surface area contributed by atoms with Gasteiger partial charge < -0.3 is 5.32 Å². The van der Waals surface area contributed by atoms with Gasteiger partial charge in [-0.25, -0.2) is 4.98 Å². The Kier molecular flexibility index (Phi) is 4.91. The van der Waals surface area contributed by atoms with Gasteiger partial charge in [-0.2, -0.15) is 0 Å². The third kappa shape index (κ3) is 4.01. The molecule has 0 aliphatic carbocycles. The fraction of sp³-hybridized carbons (Fsp3) is 0.158. The highest BCUT2D eigenvalue weighted by molar-refractivity contribution is 5.92. The van der Waals surface area contributed by atoms with Crippen LogP contribution in [-0.2, 0) is 6.42 Å². The van der Waals surface area contributed by atoms with Crippen LogP contribution in [-0.4, -0.2) is 20.9 Å². The molecule has 3 rings (SSSR count). The Bertz CT molecular complexity index is 789. The molecule has 2 aromatic heterocycles. The molecular weight excluding hydrogens is 300 g/mol. The lowest BCUT2D eigenvalue weighted by atomic mass is 10.0. The summed E-state index contributed by atoms with van der Waals surface area (Å²) in [6.07, 6.45) is 6.88. The minimum atomic E-state index is -0.258. The largest absolute Gasteiger partial charge is 0.342 e. The zero-order valence-corrected chi connectivity index (χ0v) is 13.4. The van der Waals surface area contributed by atoms with Crippen molar-refractivity contribution in [2.24, 2.45) is 0 Å². The first-order valence-corrected chi connectivity index (χ1v) is 7.76. The number of amides is 1. The van der Waals surface area contributed by atoms with Crippen molar-refractivity contribution >= 4 is 5.91 Å². The van der Waals surface area contributed by atoms with Crippen molar-refractivity contribution in [1.82, 2.24) is 20.3 Å².